The van der Waals surface area contributed by atoms with Gasteiger partial charge in [0.1, 0.15) is 0 Å². The SMILES string of the molecule is Cc1ccc(N=c2scc(-c3ccc(Cl)cc3)n2Cc2cccnc2)cc1. The minimum atomic E-state index is 0.708. The molecule has 2 heterocycles. The van der Waals surface area contributed by atoms with Crippen LogP contribution in [0.4, 0.5) is 5.69 Å². The molecule has 0 radical (unpaired) electrons. The molecule has 3 nitrogen and oxygen atoms in total. The monoisotopic (exact) mass is 391 g/mol. The maximum atomic E-state index is 6.06. The topological polar surface area (TPSA) is 30.2 Å². The average molecular weight is 392 g/mol. The summed E-state index contributed by atoms with van der Waals surface area (Å²) in [6.45, 7) is 2.79. The molecule has 0 saturated carbocycles. The molecule has 5 heteroatoms. The minimum absolute atomic E-state index is 0.708. The Balaban J connectivity index is 1.83. The van der Waals surface area contributed by atoms with Gasteiger partial charge in [0.15, 0.2) is 4.80 Å². The zero-order chi connectivity index (χ0) is 18.6. The quantitative estimate of drug-likeness (QED) is 0.429. The van der Waals surface area contributed by atoms with E-state index in [0.29, 0.717) is 6.54 Å². The Morgan fingerprint density at radius 3 is 2.52 bits per heavy atom. The number of pyridine rings is 1. The molecule has 0 aliphatic heterocycles. The second-order valence-corrected chi connectivity index (χ2v) is 7.58. The van der Waals surface area contributed by atoms with Crippen LogP contribution in [0, 0.1) is 6.92 Å². The summed E-state index contributed by atoms with van der Waals surface area (Å²) in [5.74, 6) is 0. The first-order valence-corrected chi connectivity index (χ1v) is 9.89. The number of rotatable bonds is 4. The van der Waals surface area contributed by atoms with E-state index in [1.165, 1.54) is 5.56 Å². The van der Waals surface area contributed by atoms with E-state index in [9.17, 15) is 0 Å². The lowest BCUT2D eigenvalue weighted by Gasteiger charge is -2.09. The molecule has 0 N–H and O–H groups in total. The first-order chi connectivity index (χ1) is 13.2. The van der Waals surface area contributed by atoms with E-state index in [1.807, 2.05) is 48.7 Å². The predicted molar refractivity (Wildman–Crippen MR) is 112 cm³/mol. The molecule has 27 heavy (non-hydrogen) atoms. The molecule has 0 saturated heterocycles. The third-order valence-corrected chi connectivity index (χ3v) is 5.38. The number of nitrogens with zero attached hydrogens (tertiary/aromatic N) is 3. The lowest BCUT2D eigenvalue weighted by molar-refractivity contribution is 0.775. The summed E-state index contributed by atoms with van der Waals surface area (Å²) in [5, 5.41) is 2.88. The van der Waals surface area contributed by atoms with Crippen molar-refractivity contribution in [3.05, 3.63) is 99.4 Å². The van der Waals surface area contributed by atoms with Gasteiger partial charge in [-0.1, -0.05) is 47.5 Å². The summed E-state index contributed by atoms with van der Waals surface area (Å²) >= 11 is 7.70. The van der Waals surface area contributed by atoms with Crippen molar-refractivity contribution in [2.75, 3.05) is 0 Å². The van der Waals surface area contributed by atoms with Crippen LogP contribution in [0.5, 0.6) is 0 Å². The molecule has 2 aromatic carbocycles. The molecule has 0 amide bonds. The number of thiazole rings is 1. The van der Waals surface area contributed by atoms with Crippen LogP contribution in [0.1, 0.15) is 11.1 Å². The summed E-state index contributed by atoms with van der Waals surface area (Å²) in [4.78, 5) is 10.1. The maximum absolute atomic E-state index is 6.06. The van der Waals surface area contributed by atoms with Gasteiger partial charge in [-0.3, -0.25) is 4.98 Å². The van der Waals surface area contributed by atoms with Crippen LogP contribution in [-0.4, -0.2) is 9.55 Å². The van der Waals surface area contributed by atoms with E-state index >= 15 is 0 Å². The number of benzene rings is 2. The van der Waals surface area contributed by atoms with Gasteiger partial charge in [0.25, 0.3) is 0 Å². The van der Waals surface area contributed by atoms with Crippen molar-refractivity contribution in [2.45, 2.75) is 13.5 Å². The van der Waals surface area contributed by atoms with Crippen LogP contribution < -0.4 is 4.80 Å². The second kappa shape index (κ2) is 7.91. The van der Waals surface area contributed by atoms with E-state index in [0.717, 1.165) is 32.3 Å². The predicted octanol–water partition coefficient (Wildman–Crippen LogP) is 5.85. The molecule has 2 aromatic heterocycles. The molecule has 0 spiro atoms. The fraction of sp³-hybridized carbons (Fsp3) is 0.0909. The Morgan fingerprint density at radius 2 is 1.81 bits per heavy atom. The van der Waals surface area contributed by atoms with E-state index in [1.54, 1.807) is 17.5 Å². The lowest BCUT2D eigenvalue weighted by atomic mass is 10.1. The van der Waals surface area contributed by atoms with Crippen LogP contribution in [0.25, 0.3) is 11.3 Å². The molecule has 0 bridgehead atoms. The summed E-state index contributed by atoms with van der Waals surface area (Å²) in [5.41, 5.74) is 5.54. The highest BCUT2D eigenvalue weighted by Crippen LogP contribution is 2.23. The van der Waals surface area contributed by atoms with Gasteiger partial charge in [-0.2, -0.15) is 0 Å². The van der Waals surface area contributed by atoms with E-state index < -0.39 is 0 Å². The molecule has 0 aliphatic rings. The van der Waals surface area contributed by atoms with Crippen LogP contribution in [0.15, 0.2) is 83.4 Å². The number of hydrogen-bond acceptors (Lipinski definition) is 3. The molecule has 0 aliphatic carbocycles. The molecule has 4 rings (SSSR count). The fourth-order valence-electron chi connectivity index (χ4n) is 2.83. The minimum Gasteiger partial charge on any atom is -0.312 e. The normalized spacial score (nSPS) is 11.7. The van der Waals surface area contributed by atoms with Gasteiger partial charge in [-0.05, 0) is 48.4 Å². The first-order valence-electron chi connectivity index (χ1n) is 8.63. The number of halogens is 1. The highest BCUT2D eigenvalue weighted by molar-refractivity contribution is 7.07. The zero-order valence-electron chi connectivity index (χ0n) is 14.8. The summed E-state index contributed by atoms with van der Waals surface area (Å²) in [7, 11) is 0. The Morgan fingerprint density at radius 1 is 1.04 bits per heavy atom. The van der Waals surface area contributed by atoms with Crippen molar-refractivity contribution in [2.24, 2.45) is 4.99 Å². The Labute approximate surface area is 167 Å². The van der Waals surface area contributed by atoms with Gasteiger partial charge in [0.05, 0.1) is 17.9 Å². The summed E-state index contributed by atoms with van der Waals surface area (Å²) in [6, 6.07) is 20.2. The largest absolute Gasteiger partial charge is 0.312 e. The zero-order valence-corrected chi connectivity index (χ0v) is 16.4. The summed E-state index contributed by atoms with van der Waals surface area (Å²) in [6.07, 6.45) is 3.69. The van der Waals surface area contributed by atoms with E-state index in [-0.39, 0.29) is 0 Å². The van der Waals surface area contributed by atoms with Gasteiger partial charge in [0.2, 0.25) is 0 Å². The van der Waals surface area contributed by atoms with Gasteiger partial charge in [-0.25, -0.2) is 4.99 Å². The van der Waals surface area contributed by atoms with Crippen LogP contribution in [0.2, 0.25) is 5.02 Å². The van der Waals surface area contributed by atoms with Gasteiger partial charge < -0.3 is 4.57 Å². The molecule has 4 aromatic rings. The highest BCUT2D eigenvalue weighted by atomic mass is 35.5. The fourth-order valence-corrected chi connectivity index (χ4v) is 3.88. The van der Waals surface area contributed by atoms with Gasteiger partial charge in [0, 0.05) is 22.8 Å². The van der Waals surface area contributed by atoms with Crippen molar-refractivity contribution in [1.29, 1.82) is 0 Å². The number of aryl methyl sites for hydroxylation is 1. The first kappa shape index (κ1) is 17.7. The Bertz CT molecular complexity index is 1100. The van der Waals surface area contributed by atoms with Crippen LogP contribution in [-0.2, 0) is 6.54 Å². The van der Waals surface area contributed by atoms with Gasteiger partial charge >= 0.3 is 0 Å². The van der Waals surface area contributed by atoms with Crippen LogP contribution >= 0.6 is 22.9 Å². The van der Waals surface area contributed by atoms with Crippen molar-refractivity contribution < 1.29 is 0 Å². The standard InChI is InChI=1S/C22H18ClN3S/c1-16-4-10-20(11-5-16)25-22-26(14-17-3-2-12-24-13-17)21(15-27-22)18-6-8-19(23)9-7-18/h2-13,15H,14H2,1H3. The lowest BCUT2D eigenvalue weighted by Crippen LogP contribution is -2.16. The Hall–Kier alpha value is -2.69. The van der Waals surface area contributed by atoms with Gasteiger partial charge in [-0.15, -0.1) is 11.3 Å². The third kappa shape index (κ3) is 4.18. The number of hydrogen-bond donors (Lipinski definition) is 0. The van der Waals surface area contributed by atoms with E-state index in [4.69, 9.17) is 16.6 Å². The summed E-state index contributed by atoms with van der Waals surface area (Å²) < 4.78 is 2.23. The highest BCUT2D eigenvalue weighted by Gasteiger charge is 2.09. The van der Waals surface area contributed by atoms with Crippen molar-refractivity contribution >= 4 is 28.6 Å². The average Bonchev–Trinajstić information content (AvgIpc) is 3.07. The van der Waals surface area contributed by atoms with Crippen molar-refractivity contribution in [3.8, 4) is 11.3 Å². The molecular formula is C22H18ClN3S. The number of aromatic nitrogens is 2. The molecule has 0 unspecified atom stereocenters. The second-order valence-electron chi connectivity index (χ2n) is 6.31. The maximum Gasteiger partial charge on any atom is 0.190 e. The third-order valence-electron chi connectivity index (χ3n) is 4.26. The Kier molecular flexibility index (Phi) is 5.19. The van der Waals surface area contributed by atoms with Crippen LogP contribution in [0.3, 0.4) is 0 Å². The van der Waals surface area contributed by atoms with Crippen molar-refractivity contribution in [1.82, 2.24) is 9.55 Å². The molecule has 0 atom stereocenters. The molecule has 0 fully saturated rings. The molecular weight excluding hydrogens is 374 g/mol. The molecule has 134 valence electrons. The van der Waals surface area contributed by atoms with Crippen molar-refractivity contribution in [3.63, 3.8) is 0 Å². The smallest absolute Gasteiger partial charge is 0.190 e. The van der Waals surface area contributed by atoms with E-state index in [2.05, 4.69) is 40.1 Å².